The van der Waals surface area contributed by atoms with Crippen LogP contribution in [0.25, 0.3) is 0 Å². The number of hydrogen-bond acceptors (Lipinski definition) is 2. The van der Waals surface area contributed by atoms with Crippen LogP contribution in [-0.4, -0.2) is 23.9 Å². The Hall–Kier alpha value is -1.35. The molecule has 0 saturated carbocycles. The van der Waals surface area contributed by atoms with Crippen LogP contribution in [0.3, 0.4) is 0 Å². The van der Waals surface area contributed by atoms with Gasteiger partial charge in [-0.3, -0.25) is 10.1 Å². The summed E-state index contributed by atoms with van der Waals surface area (Å²) in [5.41, 5.74) is 2.67. The fourth-order valence-corrected chi connectivity index (χ4v) is 2.59. The molecule has 1 aromatic rings. The molecular formula is C17H26N2O. The predicted molar refractivity (Wildman–Crippen MR) is 82.5 cm³/mol. The van der Waals surface area contributed by atoms with Crippen LogP contribution in [0.15, 0.2) is 24.3 Å². The lowest BCUT2D eigenvalue weighted by Crippen LogP contribution is -2.31. The minimum absolute atomic E-state index is 0.0445. The number of carbonyl (C=O) groups excluding carboxylic acids is 1. The molecule has 1 aliphatic rings. The number of carbonyl (C=O) groups is 1. The van der Waals surface area contributed by atoms with E-state index >= 15 is 0 Å². The first-order valence-electron chi connectivity index (χ1n) is 7.57. The Kier molecular flexibility index (Phi) is 4.48. The molecule has 0 bridgehead atoms. The number of amides is 1. The van der Waals surface area contributed by atoms with Crippen LogP contribution in [0.5, 0.6) is 0 Å². The van der Waals surface area contributed by atoms with Gasteiger partial charge in [-0.25, -0.2) is 0 Å². The third kappa shape index (κ3) is 3.21. The van der Waals surface area contributed by atoms with Gasteiger partial charge >= 0.3 is 0 Å². The van der Waals surface area contributed by atoms with Gasteiger partial charge in [0, 0.05) is 6.54 Å². The van der Waals surface area contributed by atoms with Crippen molar-refractivity contribution < 1.29 is 4.79 Å². The monoisotopic (exact) mass is 274 g/mol. The van der Waals surface area contributed by atoms with Gasteiger partial charge in [0.05, 0.1) is 6.54 Å². The minimum Gasteiger partial charge on any atom is -0.322 e. The normalized spacial score (nSPS) is 19.7. The summed E-state index contributed by atoms with van der Waals surface area (Å²) in [4.78, 5) is 13.9. The van der Waals surface area contributed by atoms with Gasteiger partial charge in [0.15, 0.2) is 0 Å². The summed E-state index contributed by atoms with van der Waals surface area (Å²) in [6.07, 6.45) is 2.21. The average molecular weight is 274 g/mol. The number of nitrogens with zero attached hydrogens (tertiary/aromatic N) is 1. The Morgan fingerprint density at radius 3 is 2.45 bits per heavy atom. The standard InChI is InChI=1S/C17H26N2O/c1-5-6-11-19-15(20)12-18-16(19)13-7-9-14(10-8-13)17(2,3)4/h7-10,16,18H,5-6,11-12H2,1-4H3. The number of benzene rings is 1. The Morgan fingerprint density at radius 2 is 1.90 bits per heavy atom. The van der Waals surface area contributed by atoms with Crippen molar-refractivity contribution in [3.05, 3.63) is 35.4 Å². The molecule has 0 radical (unpaired) electrons. The molecule has 1 fully saturated rings. The fourth-order valence-electron chi connectivity index (χ4n) is 2.59. The van der Waals surface area contributed by atoms with Crippen molar-refractivity contribution in [3.8, 4) is 0 Å². The highest BCUT2D eigenvalue weighted by Crippen LogP contribution is 2.27. The van der Waals surface area contributed by atoms with Gasteiger partial charge in [-0.1, -0.05) is 58.4 Å². The largest absolute Gasteiger partial charge is 0.322 e. The zero-order chi connectivity index (χ0) is 14.8. The van der Waals surface area contributed by atoms with E-state index in [9.17, 15) is 4.79 Å². The Bertz CT molecular complexity index is 459. The lowest BCUT2D eigenvalue weighted by atomic mass is 9.86. The van der Waals surface area contributed by atoms with Crippen molar-refractivity contribution in [1.29, 1.82) is 0 Å². The SMILES string of the molecule is CCCCN1C(=O)CNC1c1ccc(C(C)(C)C)cc1. The van der Waals surface area contributed by atoms with E-state index in [0.29, 0.717) is 6.54 Å². The van der Waals surface area contributed by atoms with E-state index in [1.165, 1.54) is 11.1 Å². The molecule has 20 heavy (non-hydrogen) atoms. The lowest BCUT2D eigenvalue weighted by molar-refractivity contribution is -0.128. The van der Waals surface area contributed by atoms with Crippen LogP contribution in [0.2, 0.25) is 0 Å². The maximum Gasteiger partial charge on any atom is 0.238 e. The van der Waals surface area contributed by atoms with Crippen molar-refractivity contribution in [1.82, 2.24) is 10.2 Å². The average Bonchev–Trinajstić information content (AvgIpc) is 2.77. The summed E-state index contributed by atoms with van der Waals surface area (Å²) < 4.78 is 0. The van der Waals surface area contributed by atoms with Gasteiger partial charge in [-0.15, -0.1) is 0 Å². The molecule has 1 aromatic carbocycles. The van der Waals surface area contributed by atoms with E-state index in [1.54, 1.807) is 0 Å². The third-order valence-corrected chi connectivity index (χ3v) is 3.92. The van der Waals surface area contributed by atoms with Crippen molar-refractivity contribution in [2.75, 3.05) is 13.1 Å². The van der Waals surface area contributed by atoms with Gasteiger partial charge in [-0.05, 0) is 23.0 Å². The first kappa shape index (κ1) is 15.0. The van der Waals surface area contributed by atoms with Crippen molar-refractivity contribution in [3.63, 3.8) is 0 Å². The summed E-state index contributed by atoms with van der Waals surface area (Å²) in [6.45, 7) is 10.1. The van der Waals surface area contributed by atoms with E-state index in [0.717, 1.165) is 19.4 Å². The molecule has 1 unspecified atom stereocenters. The smallest absolute Gasteiger partial charge is 0.238 e. The molecule has 1 heterocycles. The van der Waals surface area contributed by atoms with Gasteiger partial charge in [0.2, 0.25) is 5.91 Å². The molecule has 1 N–H and O–H groups in total. The molecule has 110 valence electrons. The number of unbranched alkanes of at least 4 members (excludes halogenated alkanes) is 1. The molecule has 0 aliphatic carbocycles. The second kappa shape index (κ2) is 5.96. The van der Waals surface area contributed by atoms with E-state index in [2.05, 4.69) is 57.3 Å². The van der Waals surface area contributed by atoms with Crippen LogP contribution >= 0.6 is 0 Å². The van der Waals surface area contributed by atoms with E-state index in [-0.39, 0.29) is 17.5 Å². The highest BCUT2D eigenvalue weighted by molar-refractivity contribution is 5.80. The van der Waals surface area contributed by atoms with E-state index in [1.807, 2.05) is 4.90 Å². The molecular weight excluding hydrogens is 248 g/mol. The fraction of sp³-hybridized carbons (Fsp3) is 0.588. The number of rotatable bonds is 4. The van der Waals surface area contributed by atoms with Crippen LogP contribution in [0, 0.1) is 0 Å². The van der Waals surface area contributed by atoms with Gasteiger partial charge in [0.1, 0.15) is 6.17 Å². The topological polar surface area (TPSA) is 32.3 Å². The van der Waals surface area contributed by atoms with Crippen molar-refractivity contribution >= 4 is 5.91 Å². The quantitative estimate of drug-likeness (QED) is 0.914. The Morgan fingerprint density at radius 1 is 1.25 bits per heavy atom. The Balaban J connectivity index is 2.16. The first-order chi connectivity index (χ1) is 9.43. The highest BCUT2D eigenvalue weighted by atomic mass is 16.2. The second-order valence-electron chi connectivity index (χ2n) is 6.60. The van der Waals surface area contributed by atoms with Crippen LogP contribution < -0.4 is 5.32 Å². The highest BCUT2D eigenvalue weighted by Gasteiger charge is 2.30. The second-order valence-corrected chi connectivity index (χ2v) is 6.60. The molecule has 3 heteroatoms. The number of nitrogens with one attached hydrogen (secondary N) is 1. The zero-order valence-corrected chi connectivity index (χ0v) is 13.1. The van der Waals surface area contributed by atoms with Gasteiger partial charge < -0.3 is 4.90 Å². The maximum absolute atomic E-state index is 12.0. The van der Waals surface area contributed by atoms with Crippen molar-refractivity contribution in [2.45, 2.75) is 52.1 Å². The molecule has 2 rings (SSSR count). The predicted octanol–water partition coefficient (Wildman–Crippen LogP) is 3.21. The zero-order valence-electron chi connectivity index (χ0n) is 13.1. The molecule has 1 amide bonds. The molecule has 3 nitrogen and oxygen atoms in total. The number of hydrogen-bond donors (Lipinski definition) is 1. The third-order valence-electron chi connectivity index (χ3n) is 3.92. The lowest BCUT2D eigenvalue weighted by Gasteiger charge is -2.26. The first-order valence-corrected chi connectivity index (χ1v) is 7.57. The van der Waals surface area contributed by atoms with Crippen LogP contribution in [0.4, 0.5) is 0 Å². The summed E-state index contributed by atoms with van der Waals surface area (Å²) in [7, 11) is 0. The van der Waals surface area contributed by atoms with Crippen LogP contribution in [0.1, 0.15) is 57.8 Å². The summed E-state index contributed by atoms with van der Waals surface area (Å²) in [5, 5.41) is 3.32. The maximum atomic E-state index is 12.0. The molecule has 1 aliphatic heterocycles. The van der Waals surface area contributed by atoms with E-state index < -0.39 is 0 Å². The van der Waals surface area contributed by atoms with Gasteiger partial charge in [0.25, 0.3) is 0 Å². The molecule has 1 atom stereocenters. The van der Waals surface area contributed by atoms with E-state index in [4.69, 9.17) is 0 Å². The Labute approximate surface area is 122 Å². The summed E-state index contributed by atoms with van der Waals surface area (Å²) >= 11 is 0. The summed E-state index contributed by atoms with van der Waals surface area (Å²) in [6, 6.07) is 8.65. The molecule has 0 aromatic heterocycles. The van der Waals surface area contributed by atoms with Crippen molar-refractivity contribution in [2.24, 2.45) is 0 Å². The summed E-state index contributed by atoms with van der Waals surface area (Å²) in [5.74, 6) is 0.211. The van der Waals surface area contributed by atoms with Gasteiger partial charge in [-0.2, -0.15) is 0 Å². The molecule has 1 saturated heterocycles. The van der Waals surface area contributed by atoms with Crippen LogP contribution in [-0.2, 0) is 10.2 Å². The minimum atomic E-state index is 0.0445. The molecule has 0 spiro atoms.